The first kappa shape index (κ1) is 20.8. The number of hydrazine groups is 1. The first-order valence-electron chi connectivity index (χ1n) is 10.8. The lowest BCUT2D eigenvalue weighted by Gasteiger charge is -2.39. The zero-order valence-corrected chi connectivity index (χ0v) is 19.4. The van der Waals surface area contributed by atoms with Gasteiger partial charge in [-0.1, -0.05) is 46.3 Å². The summed E-state index contributed by atoms with van der Waals surface area (Å²) in [6, 6.07) is 26.0. The van der Waals surface area contributed by atoms with Crippen molar-refractivity contribution in [1.82, 2.24) is 10.4 Å². The number of hydrogen-bond donors (Lipinski definition) is 1. The van der Waals surface area contributed by atoms with Crippen LogP contribution in [0, 0.1) is 0 Å². The topological polar surface area (TPSA) is 63.9 Å². The predicted molar refractivity (Wildman–Crippen MR) is 130 cm³/mol. The number of ether oxygens (including phenoxy) is 2. The monoisotopic (exact) mass is 514 g/mol. The van der Waals surface area contributed by atoms with E-state index in [2.05, 4.69) is 38.5 Å². The number of benzene rings is 3. The number of fused-ring (bicyclic) bond motifs is 3. The van der Waals surface area contributed by atoms with Gasteiger partial charge in [-0.2, -0.15) is 5.01 Å². The first-order chi connectivity index (χ1) is 16.7. The van der Waals surface area contributed by atoms with Gasteiger partial charge in [0.2, 0.25) is 0 Å². The van der Waals surface area contributed by atoms with E-state index in [1.54, 1.807) is 42.7 Å². The minimum Gasteiger partial charge on any atom is -0.469 e. The third-order valence-corrected chi connectivity index (χ3v) is 6.32. The SMILES string of the molecule is O=C(Oc1ccc(C2Oc3ccc(Br)cc3C3C=C(c4ccco4)NN32)cc1)c1ccccc1. The largest absolute Gasteiger partial charge is 0.469 e. The molecule has 3 heterocycles. The van der Waals surface area contributed by atoms with Crippen molar-refractivity contribution in [2.24, 2.45) is 0 Å². The number of furan rings is 1. The molecule has 6 rings (SSSR count). The van der Waals surface area contributed by atoms with Gasteiger partial charge in [0.25, 0.3) is 0 Å². The Bertz CT molecular complexity index is 1370. The summed E-state index contributed by atoms with van der Waals surface area (Å²) in [6.45, 7) is 0. The van der Waals surface area contributed by atoms with Crippen LogP contribution in [-0.4, -0.2) is 11.0 Å². The number of nitrogens with one attached hydrogen (secondary N) is 1. The maximum atomic E-state index is 12.4. The van der Waals surface area contributed by atoms with Crippen LogP contribution >= 0.6 is 15.9 Å². The summed E-state index contributed by atoms with van der Waals surface area (Å²) in [5, 5.41) is 2.05. The molecule has 0 fully saturated rings. The van der Waals surface area contributed by atoms with E-state index >= 15 is 0 Å². The molecular formula is C27H19BrN2O4. The van der Waals surface area contributed by atoms with Crippen LogP contribution < -0.4 is 14.9 Å². The van der Waals surface area contributed by atoms with Crippen LogP contribution in [0.2, 0.25) is 0 Å². The Balaban J connectivity index is 1.29. The van der Waals surface area contributed by atoms with Gasteiger partial charge in [-0.05, 0) is 60.7 Å². The normalized spacial score (nSPS) is 18.8. The van der Waals surface area contributed by atoms with Crippen molar-refractivity contribution in [3.8, 4) is 11.5 Å². The van der Waals surface area contributed by atoms with Gasteiger partial charge >= 0.3 is 5.97 Å². The molecule has 3 aromatic carbocycles. The number of nitrogens with zero attached hydrogens (tertiary/aromatic N) is 1. The Morgan fingerprint density at radius 1 is 0.971 bits per heavy atom. The van der Waals surface area contributed by atoms with Gasteiger partial charge in [-0.3, -0.25) is 0 Å². The molecule has 0 spiro atoms. The summed E-state index contributed by atoms with van der Waals surface area (Å²) in [5.41, 5.74) is 6.80. The lowest BCUT2D eigenvalue weighted by Crippen LogP contribution is -2.43. The average Bonchev–Trinajstić information content (AvgIpc) is 3.55. The maximum Gasteiger partial charge on any atom is 0.343 e. The van der Waals surface area contributed by atoms with Gasteiger partial charge in [0.1, 0.15) is 11.5 Å². The second kappa shape index (κ2) is 8.52. The summed E-state index contributed by atoms with van der Waals surface area (Å²) in [6.07, 6.45) is 3.39. The molecule has 0 saturated heterocycles. The van der Waals surface area contributed by atoms with Gasteiger partial charge in [0, 0.05) is 15.6 Å². The fourth-order valence-corrected chi connectivity index (χ4v) is 4.58. The number of rotatable bonds is 4. The minimum atomic E-state index is -0.402. The summed E-state index contributed by atoms with van der Waals surface area (Å²) in [7, 11) is 0. The van der Waals surface area contributed by atoms with Crippen LogP contribution in [0.5, 0.6) is 11.5 Å². The Hall–Kier alpha value is -3.81. The molecule has 4 aromatic rings. The molecule has 0 aliphatic carbocycles. The van der Waals surface area contributed by atoms with Crippen molar-refractivity contribution in [2.75, 3.05) is 0 Å². The molecule has 0 saturated carbocycles. The van der Waals surface area contributed by atoms with Crippen molar-refractivity contribution >= 4 is 27.6 Å². The third-order valence-electron chi connectivity index (χ3n) is 5.83. The van der Waals surface area contributed by atoms with E-state index in [1.165, 1.54) is 0 Å². The van der Waals surface area contributed by atoms with Crippen LogP contribution in [0.3, 0.4) is 0 Å². The molecule has 0 radical (unpaired) electrons. The average molecular weight is 515 g/mol. The van der Waals surface area contributed by atoms with E-state index in [0.29, 0.717) is 11.3 Å². The molecule has 0 bridgehead atoms. The van der Waals surface area contributed by atoms with Crippen molar-refractivity contribution in [3.63, 3.8) is 0 Å². The second-order valence-electron chi connectivity index (χ2n) is 8.00. The van der Waals surface area contributed by atoms with Crippen molar-refractivity contribution in [1.29, 1.82) is 0 Å². The van der Waals surface area contributed by atoms with Crippen molar-refractivity contribution in [2.45, 2.75) is 12.3 Å². The molecule has 34 heavy (non-hydrogen) atoms. The van der Waals surface area contributed by atoms with Crippen molar-refractivity contribution in [3.05, 3.63) is 124 Å². The van der Waals surface area contributed by atoms with Gasteiger partial charge in [0.05, 0.1) is 23.6 Å². The van der Waals surface area contributed by atoms with Gasteiger partial charge in [0.15, 0.2) is 12.0 Å². The number of carbonyl (C=O) groups excluding carboxylic acids is 1. The summed E-state index contributed by atoms with van der Waals surface area (Å²) >= 11 is 3.57. The summed E-state index contributed by atoms with van der Waals surface area (Å²) in [4.78, 5) is 12.4. The Labute approximate surface area is 204 Å². The molecule has 2 atom stereocenters. The molecule has 168 valence electrons. The lowest BCUT2D eigenvalue weighted by atomic mass is 10.0. The van der Waals surface area contributed by atoms with Crippen LogP contribution in [0.1, 0.15) is 39.5 Å². The van der Waals surface area contributed by atoms with Crippen LogP contribution in [0.4, 0.5) is 0 Å². The highest BCUT2D eigenvalue weighted by atomic mass is 79.9. The molecule has 2 aliphatic rings. The van der Waals surface area contributed by atoms with Gasteiger partial charge < -0.3 is 19.3 Å². The van der Waals surface area contributed by atoms with E-state index in [4.69, 9.17) is 13.9 Å². The standard InChI is InChI=1S/C27H19BrN2O4/c28-19-10-13-24-21(15-19)23-16-22(25-7-4-14-32-25)29-30(23)26(34-24)17-8-11-20(12-9-17)33-27(31)18-5-2-1-3-6-18/h1-16,23,26,29H. The van der Waals surface area contributed by atoms with E-state index < -0.39 is 12.2 Å². The van der Waals surface area contributed by atoms with E-state index in [1.807, 2.05) is 42.5 Å². The molecule has 2 aliphatic heterocycles. The van der Waals surface area contributed by atoms with E-state index in [0.717, 1.165) is 32.8 Å². The minimum absolute atomic E-state index is 0.0538. The van der Waals surface area contributed by atoms with Crippen LogP contribution in [-0.2, 0) is 0 Å². The van der Waals surface area contributed by atoms with E-state index in [9.17, 15) is 4.79 Å². The molecule has 7 heteroatoms. The van der Waals surface area contributed by atoms with Gasteiger partial charge in [-0.15, -0.1) is 0 Å². The van der Waals surface area contributed by atoms with Crippen LogP contribution in [0.15, 0.2) is 106 Å². The zero-order chi connectivity index (χ0) is 23.1. The van der Waals surface area contributed by atoms with E-state index in [-0.39, 0.29) is 6.04 Å². The quantitative estimate of drug-likeness (QED) is 0.256. The smallest absolute Gasteiger partial charge is 0.343 e. The fraction of sp³-hybridized carbons (Fsp3) is 0.0741. The molecular weight excluding hydrogens is 496 g/mol. The first-order valence-corrected chi connectivity index (χ1v) is 11.6. The number of hydrogen-bond acceptors (Lipinski definition) is 6. The zero-order valence-electron chi connectivity index (χ0n) is 17.9. The molecule has 2 unspecified atom stereocenters. The van der Waals surface area contributed by atoms with Gasteiger partial charge in [-0.25, -0.2) is 4.79 Å². The number of carbonyl (C=O) groups is 1. The Morgan fingerprint density at radius 3 is 2.56 bits per heavy atom. The highest BCUT2D eigenvalue weighted by molar-refractivity contribution is 9.10. The number of halogens is 1. The predicted octanol–water partition coefficient (Wildman–Crippen LogP) is 6.25. The maximum absolute atomic E-state index is 12.4. The lowest BCUT2D eigenvalue weighted by molar-refractivity contribution is -0.0328. The highest BCUT2D eigenvalue weighted by Crippen LogP contribution is 2.46. The molecule has 1 N–H and O–H groups in total. The van der Waals surface area contributed by atoms with Crippen LogP contribution in [0.25, 0.3) is 5.70 Å². The second-order valence-corrected chi connectivity index (χ2v) is 8.91. The summed E-state index contributed by atoms with van der Waals surface area (Å²) < 4.78 is 18.5. The third kappa shape index (κ3) is 3.79. The number of esters is 1. The Kier molecular flexibility index (Phi) is 5.20. The highest BCUT2D eigenvalue weighted by Gasteiger charge is 2.40. The molecule has 6 nitrogen and oxygen atoms in total. The Morgan fingerprint density at radius 2 is 1.79 bits per heavy atom. The molecule has 1 aromatic heterocycles. The fourth-order valence-electron chi connectivity index (χ4n) is 4.20. The summed E-state index contributed by atoms with van der Waals surface area (Å²) in [5.74, 6) is 1.65. The van der Waals surface area contributed by atoms with Crippen molar-refractivity contribution < 1.29 is 18.7 Å². The molecule has 0 amide bonds.